The minimum atomic E-state index is -1.11. The van der Waals surface area contributed by atoms with Crippen molar-refractivity contribution in [2.75, 3.05) is 18.1 Å². The van der Waals surface area contributed by atoms with E-state index in [2.05, 4.69) is 56.6 Å². The minimum absolute atomic E-state index is 0.237. The van der Waals surface area contributed by atoms with Crippen LogP contribution < -0.4 is 10.6 Å². The van der Waals surface area contributed by atoms with E-state index in [0.717, 1.165) is 25.7 Å². The van der Waals surface area contributed by atoms with Gasteiger partial charge in [-0.15, -0.1) is 0 Å². The van der Waals surface area contributed by atoms with Gasteiger partial charge in [0.1, 0.15) is 18.2 Å². The van der Waals surface area contributed by atoms with Gasteiger partial charge in [0.2, 0.25) is 5.91 Å². The number of carboxylic acids is 1. The Kier molecular flexibility index (Phi) is 15.3. The maximum absolute atomic E-state index is 12.0. The zero-order valence-corrected chi connectivity index (χ0v) is 22.1. The van der Waals surface area contributed by atoms with Gasteiger partial charge in [-0.25, -0.2) is 9.59 Å². The molecule has 0 heterocycles. The second-order valence-electron chi connectivity index (χ2n) is 9.31. The first-order valence-corrected chi connectivity index (χ1v) is 12.5. The maximum atomic E-state index is 12.0. The Bertz CT molecular complexity index is 732. The Morgan fingerprint density at radius 3 is 2.09 bits per heavy atom. The van der Waals surface area contributed by atoms with Crippen molar-refractivity contribution >= 4 is 29.7 Å². The van der Waals surface area contributed by atoms with E-state index < -0.39 is 29.6 Å². The average Bonchev–Trinajstić information content (AvgIpc) is 2.67. The summed E-state index contributed by atoms with van der Waals surface area (Å²) in [5.41, 5.74) is 3.33. The van der Waals surface area contributed by atoms with Gasteiger partial charge in [-0.2, -0.15) is 11.8 Å². The number of aliphatic carboxylic acids is 1. The highest BCUT2D eigenvalue weighted by molar-refractivity contribution is 7.99. The molecule has 0 saturated heterocycles. The van der Waals surface area contributed by atoms with E-state index in [0.29, 0.717) is 5.75 Å². The van der Waals surface area contributed by atoms with E-state index in [4.69, 9.17) is 4.74 Å². The molecule has 0 aromatic rings. The van der Waals surface area contributed by atoms with Gasteiger partial charge in [-0.3, -0.25) is 4.79 Å². The van der Waals surface area contributed by atoms with Crippen molar-refractivity contribution in [1.29, 1.82) is 0 Å². The lowest BCUT2D eigenvalue weighted by Gasteiger charge is -2.20. The summed E-state index contributed by atoms with van der Waals surface area (Å²) in [6.45, 7) is 13.3. The van der Waals surface area contributed by atoms with Crippen LogP contribution in [0.5, 0.6) is 0 Å². The number of carbonyl (C=O) groups is 3. The molecule has 0 saturated carbocycles. The molecule has 0 bridgehead atoms. The van der Waals surface area contributed by atoms with Crippen molar-refractivity contribution in [3.05, 3.63) is 34.9 Å². The van der Waals surface area contributed by atoms with E-state index in [1.807, 2.05) is 0 Å². The summed E-state index contributed by atoms with van der Waals surface area (Å²) in [5, 5.41) is 14.1. The molecule has 0 aliphatic rings. The van der Waals surface area contributed by atoms with Gasteiger partial charge in [-0.1, -0.05) is 34.9 Å². The molecule has 3 N–H and O–H groups in total. The fourth-order valence-corrected chi connectivity index (χ4v) is 3.61. The fourth-order valence-electron chi connectivity index (χ4n) is 2.61. The van der Waals surface area contributed by atoms with Crippen LogP contribution >= 0.6 is 11.8 Å². The molecular weight excluding hydrogens is 440 g/mol. The molecule has 0 radical (unpaired) electrons. The number of hydrogen-bond acceptors (Lipinski definition) is 5. The van der Waals surface area contributed by atoms with Crippen LogP contribution in [0.2, 0.25) is 0 Å². The quantitative estimate of drug-likeness (QED) is 0.231. The van der Waals surface area contributed by atoms with Crippen molar-refractivity contribution in [3.63, 3.8) is 0 Å². The molecule has 0 aliphatic heterocycles. The van der Waals surface area contributed by atoms with Crippen LogP contribution in [-0.4, -0.2) is 52.8 Å². The molecule has 0 aromatic heterocycles. The van der Waals surface area contributed by atoms with Crippen LogP contribution in [0.3, 0.4) is 0 Å². The fraction of sp³-hybridized carbons (Fsp3) is 0.640. The molecule has 188 valence electrons. The third-order valence-electron chi connectivity index (χ3n) is 4.38. The van der Waals surface area contributed by atoms with E-state index in [-0.39, 0.29) is 12.3 Å². The van der Waals surface area contributed by atoms with E-state index >= 15 is 0 Å². The third-order valence-corrected chi connectivity index (χ3v) is 5.35. The first kappa shape index (κ1) is 30.8. The number of allylic oxidation sites excluding steroid dienone is 5. The first-order valence-electron chi connectivity index (χ1n) is 11.3. The van der Waals surface area contributed by atoms with Crippen molar-refractivity contribution < 1.29 is 24.2 Å². The second kappa shape index (κ2) is 16.4. The van der Waals surface area contributed by atoms with Crippen molar-refractivity contribution in [3.8, 4) is 0 Å². The summed E-state index contributed by atoms with van der Waals surface area (Å²) in [6, 6.07) is -1.02. The Labute approximate surface area is 203 Å². The highest BCUT2D eigenvalue weighted by Gasteiger charge is 2.21. The normalized spacial score (nSPS) is 13.2. The molecule has 0 spiro atoms. The average molecular weight is 483 g/mol. The lowest BCUT2D eigenvalue weighted by atomic mass is 10.1. The predicted octanol–water partition coefficient (Wildman–Crippen LogP) is 5.23. The molecular formula is C25H42N2O5S. The third kappa shape index (κ3) is 19.0. The van der Waals surface area contributed by atoms with Crippen LogP contribution in [0.25, 0.3) is 0 Å². The molecule has 0 aromatic carbocycles. The number of alkyl carbamates (subject to hydrolysis) is 1. The Morgan fingerprint density at radius 1 is 0.970 bits per heavy atom. The SMILES string of the molecule is CC(C)=CCC/C(C)=C/CC/C(C)=C/CSC[C@H](NC(=O)CNC(=O)OC(C)(C)C)C(=O)O. The lowest BCUT2D eigenvalue weighted by Crippen LogP contribution is -2.47. The summed E-state index contributed by atoms with van der Waals surface area (Å²) < 4.78 is 5.05. The van der Waals surface area contributed by atoms with Crippen LogP contribution in [0.15, 0.2) is 34.9 Å². The van der Waals surface area contributed by atoms with E-state index in [1.54, 1.807) is 20.8 Å². The molecule has 7 nitrogen and oxygen atoms in total. The second-order valence-corrected chi connectivity index (χ2v) is 10.4. The van der Waals surface area contributed by atoms with Crippen LogP contribution in [0.4, 0.5) is 4.79 Å². The number of hydrogen-bond donors (Lipinski definition) is 3. The van der Waals surface area contributed by atoms with Gasteiger partial charge >= 0.3 is 12.1 Å². The number of nitrogens with one attached hydrogen (secondary N) is 2. The molecule has 0 aliphatic carbocycles. The molecule has 0 fully saturated rings. The standard InChI is InChI=1S/C25H42N2O5S/c1-18(2)10-8-11-19(3)12-9-13-20(4)14-15-33-17-21(23(29)30)27-22(28)16-26-24(31)32-25(5,6)7/h10,12,14,21H,8-9,11,13,15-17H2,1-7H3,(H,26,31)(H,27,28)(H,29,30)/b19-12+,20-14+/t21-/m0/s1. The highest BCUT2D eigenvalue weighted by Crippen LogP contribution is 2.13. The largest absolute Gasteiger partial charge is 0.480 e. The summed E-state index contributed by atoms with van der Waals surface area (Å²) >= 11 is 1.44. The van der Waals surface area contributed by atoms with Crippen molar-refractivity contribution in [1.82, 2.24) is 10.6 Å². The number of rotatable bonds is 14. The molecule has 8 heteroatoms. The molecule has 0 rings (SSSR count). The van der Waals surface area contributed by atoms with E-state index in [1.165, 1.54) is 28.5 Å². The summed E-state index contributed by atoms with van der Waals surface area (Å²) in [5.74, 6) is -0.777. The van der Waals surface area contributed by atoms with Crippen LogP contribution in [0.1, 0.15) is 74.1 Å². The predicted molar refractivity (Wildman–Crippen MR) is 137 cm³/mol. The van der Waals surface area contributed by atoms with Crippen LogP contribution in [0, 0.1) is 0 Å². The Morgan fingerprint density at radius 2 is 1.55 bits per heavy atom. The van der Waals surface area contributed by atoms with E-state index in [9.17, 15) is 19.5 Å². The summed E-state index contributed by atoms with van der Waals surface area (Å²) in [7, 11) is 0. The Balaban J connectivity index is 4.30. The Hall–Kier alpha value is -2.22. The van der Waals surface area contributed by atoms with Gasteiger partial charge in [0, 0.05) is 11.5 Å². The van der Waals surface area contributed by atoms with Gasteiger partial charge in [0.05, 0.1) is 0 Å². The minimum Gasteiger partial charge on any atom is -0.480 e. The highest BCUT2D eigenvalue weighted by atomic mass is 32.2. The zero-order chi connectivity index (χ0) is 25.4. The molecule has 33 heavy (non-hydrogen) atoms. The maximum Gasteiger partial charge on any atom is 0.408 e. The number of ether oxygens (including phenoxy) is 1. The van der Waals surface area contributed by atoms with Crippen LogP contribution in [-0.2, 0) is 14.3 Å². The smallest absolute Gasteiger partial charge is 0.408 e. The monoisotopic (exact) mass is 482 g/mol. The van der Waals surface area contributed by atoms with Crippen molar-refractivity contribution in [2.45, 2.75) is 85.8 Å². The lowest BCUT2D eigenvalue weighted by molar-refractivity contribution is -0.140. The molecule has 0 unspecified atom stereocenters. The number of carbonyl (C=O) groups excluding carboxylic acids is 2. The molecule has 1 atom stereocenters. The summed E-state index contributed by atoms with van der Waals surface area (Å²) in [6.07, 6.45) is 10.0. The van der Waals surface area contributed by atoms with Gasteiger partial charge in [-0.05, 0) is 74.1 Å². The van der Waals surface area contributed by atoms with Gasteiger partial charge < -0.3 is 20.5 Å². The van der Waals surface area contributed by atoms with Crippen molar-refractivity contribution in [2.24, 2.45) is 0 Å². The van der Waals surface area contributed by atoms with Gasteiger partial charge in [0.15, 0.2) is 0 Å². The number of thioether (sulfide) groups is 1. The topological polar surface area (TPSA) is 105 Å². The number of carboxylic acid groups (broad SMARTS) is 1. The molecule has 2 amide bonds. The first-order chi connectivity index (χ1) is 15.3. The number of amides is 2. The zero-order valence-electron chi connectivity index (χ0n) is 21.2. The summed E-state index contributed by atoms with van der Waals surface area (Å²) in [4.78, 5) is 35.0. The van der Waals surface area contributed by atoms with Gasteiger partial charge in [0.25, 0.3) is 0 Å².